The number of alkyl halides is 2. The van der Waals surface area contributed by atoms with Crippen LogP contribution in [0.5, 0.6) is 17.2 Å². The molecular weight excluding hydrogens is 410 g/mol. The third kappa shape index (κ3) is 7.54. The Labute approximate surface area is 168 Å². The molecule has 1 aliphatic heterocycles. The van der Waals surface area contributed by atoms with E-state index in [1.54, 1.807) is 19.9 Å². The van der Waals surface area contributed by atoms with Gasteiger partial charge in [-0.3, -0.25) is 0 Å². The summed E-state index contributed by atoms with van der Waals surface area (Å²) in [7, 11) is -3.38. The fraction of sp³-hybridized carbons (Fsp3) is 0.588. The standard InChI is InChI=1S/C17H26F2N4O5S/c1-5-20-16(22-9-17(2,3)23-29(4,24)25)21-8-11-6-13-14(27-10-26-13)7-12(11)28-15(18)19/h6-7,15,23H,5,8-10H2,1-4H3,(H2,20,21,22). The first-order valence-electron chi connectivity index (χ1n) is 8.87. The van der Waals surface area contributed by atoms with Crippen molar-refractivity contribution in [3.63, 3.8) is 0 Å². The van der Waals surface area contributed by atoms with Crippen molar-refractivity contribution in [1.82, 2.24) is 15.4 Å². The molecular formula is C17H26F2N4O5S. The molecule has 0 bridgehead atoms. The van der Waals surface area contributed by atoms with E-state index in [2.05, 4.69) is 25.1 Å². The normalized spacial score (nSPS) is 14.2. The molecule has 0 radical (unpaired) electrons. The van der Waals surface area contributed by atoms with Gasteiger partial charge in [-0.15, -0.1) is 0 Å². The van der Waals surface area contributed by atoms with Gasteiger partial charge in [0.05, 0.1) is 12.8 Å². The molecule has 2 rings (SSSR count). The van der Waals surface area contributed by atoms with Gasteiger partial charge in [-0.25, -0.2) is 18.1 Å². The van der Waals surface area contributed by atoms with E-state index in [4.69, 9.17) is 9.47 Å². The van der Waals surface area contributed by atoms with E-state index >= 15 is 0 Å². The van der Waals surface area contributed by atoms with Crippen molar-refractivity contribution < 1.29 is 31.4 Å². The zero-order valence-corrected chi connectivity index (χ0v) is 17.5. The Kier molecular flexibility index (Phi) is 7.47. The largest absolute Gasteiger partial charge is 0.454 e. The van der Waals surface area contributed by atoms with Gasteiger partial charge in [-0.2, -0.15) is 8.78 Å². The number of guanidine groups is 1. The lowest BCUT2D eigenvalue weighted by molar-refractivity contribution is -0.0505. The zero-order chi connectivity index (χ0) is 21.7. The molecule has 1 aromatic carbocycles. The minimum absolute atomic E-state index is 0.00277. The summed E-state index contributed by atoms with van der Waals surface area (Å²) in [5, 5.41) is 6.05. The van der Waals surface area contributed by atoms with Crippen LogP contribution in [0.3, 0.4) is 0 Å². The van der Waals surface area contributed by atoms with E-state index in [1.807, 2.05) is 6.92 Å². The maximum Gasteiger partial charge on any atom is 0.387 e. The average Bonchev–Trinajstić information content (AvgIpc) is 3.01. The number of benzene rings is 1. The van der Waals surface area contributed by atoms with E-state index < -0.39 is 22.2 Å². The molecule has 0 amide bonds. The summed E-state index contributed by atoms with van der Waals surface area (Å²) in [5.41, 5.74) is -0.382. The van der Waals surface area contributed by atoms with Crippen LogP contribution in [-0.4, -0.2) is 52.7 Å². The average molecular weight is 436 g/mol. The molecule has 0 aromatic heterocycles. The van der Waals surface area contributed by atoms with Crippen LogP contribution < -0.4 is 29.6 Å². The number of hydrogen-bond acceptors (Lipinski definition) is 6. The van der Waals surface area contributed by atoms with Crippen LogP contribution in [-0.2, 0) is 16.6 Å². The molecule has 9 nitrogen and oxygen atoms in total. The van der Waals surface area contributed by atoms with Gasteiger partial charge in [0.25, 0.3) is 0 Å². The lowest BCUT2D eigenvalue weighted by Gasteiger charge is -2.26. The molecule has 0 spiro atoms. The second-order valence-corrected chi connectivity index (χ2v) is 8.75. The van der Waals surface area contributed by atoms with Gasteiger partial charge in [-0.1, -0.05) is 0 Å². The van der Waals surface area contributed by atoms with Gasteiger partial charge >= 0.3 is 6.61 Å². The molecule has 0 saturated heterocycles. The highest BCUT2D eigenvalue weighted by molar-refractivity contribution is 7.88. The highest BCUT2D eigenvalue weighted by Crippen LogP contribution is 2.39. The van der Waals surface area contributed by atoms with Gasteiger partial charge in [0.1, 0.15) is 5.75 Å². The van der Waals surface area contributed by atoms with Gasteiger partial charge in [0, 0.05) is 30.3 Å². The second-order valence-electron chi connectivity index (χ2n) is 7.00. The number of sulfonamides is 1. The number of hydrogen-bond donors (Lipinski definition) is 3. The van der Waals surface area contributed by atoms with E-state index in [9.17, 15) is 17.2 Å². The number of rotatable bonds is 9. The first-order chi connectivity index (χ1) is 13.5. The number of ether oxygens (including phenoxy) is 3. The van der Waals surface area contributed by atoms with Crippen LogP contribution in [0.25, 0.3) is 0 Å². The fourth-order valence-corrected chi connectivity index (χ4v) is 3.72. The first kappa shape index (κ1) is 22.9. The Hall–Kier alpha value is -2.34. The van der Waals surface area contributed by atoms with Gasteiger partial charge in [0.15, 0.2) is 17.5 Å². The Balaban J connectivity index is 2.15. The Morgan fingerprint density at radius 3 is 2.52 bits per heavy atom. The molecule has 1 aromatic rings. The minimum Gasteiger partial charge on any atom is -0.454 e. The SMILES string of the molecule is CCNC(=NCc1cc2c(cc1OC(F)F)OCO2)NCC(C)(C)NS(C)(=O)=O. The summed E-state index contributed by atoms with van der Waals surface area (Å²) in [6.45, 7) is 3.13. The Morgan fingerprint density at radius 2 is 1.93 bits per heavy atom. The van der Waals surface area contributed by atoms with Crippen molar-refractivity contribution in [3.05, 3.63) is 17.7 Å². The lowest BCUT2D eigenvalue weighted by atomic mass is 10.1. The summed E-state index contributed by atoms with van der Waals surface area (Å²) in [4.78, 5) is 4.37. The summed E-state index contributed by atoms with van der Waals surface area (Å²) in [6, 6.07) is 2.89. The quantitative estimate of drug-likeness (QED) is 0.396. The predicted molar refractivity (Wildman–Crippen MR) is 104 cm³/mol. The van der Waals surface area contributed by atoms with Gasteiger partial charge in [-0.05, 0) is 26.8 Å². The van der Waals surface area contributed by atoms with Crippen molar-refractivity contribution in [2.24, 2.45) is 4.99 Å². The van der Waals surface area contributed by atoms with E-state index in [1.165, 1.54) is 6.07 Å². The fourth-order valence-electron chi connectivity index (χ4n) is 2.64. The van der Waals surface area contributed by atoms with E-state index in [-0.39, 0.29) is 25.6 Å². The van der Waals surface area contributed by atoms with E-state index in [0.29, 0.717) is 29.6 Å². The number of halogens is 2. The molecule has 1 aliphatic rings. The van der Waals surface area contributed by atoms with Crippen LogP contribution in [0.15, 0.2) is 17.1 Å². The smallest absolute Gasteiger partial charge is 0.387 e. The number of aliphatic imine (C=N–C) groups is 1. The third-order valence-corrected chi connectivity index (χ3v) is 4.61. The summed E-state index contributed by atoms with van der Waals surface area (Å²) in [6.07, 6.45) is 1.08. The maximum atomic E-state index is 12.7. The predicted octanol–water partition coefficient (Wildman–Crippen LogP) is 1.40. The second kappa shape index (κ2) is 9.44. The molecule has 3 N–H and O–H groups in total. The monoisotopic (exact) mass is 436 g/mol. The molecule has 0 saturated carbocycles. The molecule has 0 unspecified atom stereocenters. The topological polar surface area (TPSA) is 110 Å². The third-order valence-electron chi connectivity index (χ3n) is 3.68. The Bertz CT molecular complexity index is 846. The van der Waals surface area contributed by atoms with Crippen molar-refractivity contribution in [1.29, 1.82) is 0 Å². The highest BCUT2D eigenvalue weighted by Gasteiger charge is 2.23. The number of nitrogens with one attached hydrogen (secondary N) is 3. The van der Waals surface area contributed by atoms with Crippen LogP contribution >= 0.6 is 0 Å². The zero-order valence-electron chi connectivity index (χ0n) is 16.7. The Morgan fingerprint density at radius 1 is 1.28 bits per heavy atom. The molecule has 12 heteroatoms. The number of fused-ring (bicyclic) bond motifs is 1. The first-order valence-corrected chi connectivity index (χ1v) is 10.8. The van der Waals surface area contributed by atoms with Crippen molar-refractivity contribution in [2.45, 2.75) is 39.5 Å². The van der Waals surface area contributed by atoms with Crippen LogP contribution in [0.1, 0.15) is 26.3 Å². The molecule has 0 aliphatic carbocycles. The van der Waals surface area contributed by atoms with Gasteiger partial charge in [0.2, 0.25) is 16.8 Å². The van der Waals surface area contributed by atoms with Gasteiger partial charge < -0.3 is 24.8 Å². The van der Waals surface area contributed by atoms with Crippen LogP contribution in [0, 0.1) is 0 Å². The molecule has 0 fully saturated rings. The maximum absolute atomic E-state index is 12.7. The number of nitrogens with zero attached hydrogens (tertiary/aromatic N) is 1. The molecule has 164 valence electrons. The van der Waals surface area contributed by atoms with Crippen molar-refractivity contribution in [2.75, 3.05) is 26.1 Å². The molecule has 0 atom stereocenters. The minimum atomic E-state index is -3.38. The summed E-state index contributed by atoms with van der Waals surface area (Å²) >= 11 is 0. The molecule has 1 heterocycles. The van der Waals surface area contributed by atoms with Crippen molar-refractivity contribution in [3.8, 4) is 17.2 Å². The molecule has 29 heavy (non-hydrogen) atoms. The highest BCUT2D eigenvalue weighted by atomic mass is 32.2. The van der Waals surface area contributed by atoms with Crippen LogP contribution in [0.2, 0.25) is 0 Å². The summed E-state index contributed by atoms with van der Waals surface area (Å²) in [5.74, 6) is 1.08. The lowest BCUT2D eigenvalue weighted by Crippen LogP contribution is -2.53. The van der Waals surface area contributed by atoms with Crippen LogP contribution in [0.4, 0.5) is 8.78 Å². The van der Waals surface area contributed by atoms with E-state index in [0.717, 1.165) is 6.26 Å². The summed E-state index contributed by atoms with van der Waals surface area (Å²) < 4.78 is 66.0. The van der Waals surface area contributed by atoms with Crippen molar-refractivity contribution >= 4 is 16.0 Å².